The Morgan fingerprint density at radius 2 is 1.55 bits per heavy atom. The monoisotopic (exact) mass is 473 g/mol. The van der Waals surface area contributed by atoms with Gasteiger partial charge in [-0.15, -0.1) is 0 Å². The van der Waals surface area contributed by atoms with E-state index in [-0.39, 0.29) is 50.3 Å². The smallest absolute Gasteiger partial charge is 0.311 e. The quantitative estimate of drug-likeness (QED) is 0.208. The molecule has 0 fully saturated rings. The molecule has 0 aliphatic carbocycles. The molecule has 0 aromatic heterocycles. The number of carbonyl (C=O) groups excluding carboxylic acids is 3. The number of hydrogen-bond donors (Lipinski definition) is 4. The maximum Gasteiger partial charge on any atom is 0.311 e. The van der Waals surface area contributed by atoms with Crippen molar-refractivity contribution in [1.82, 2.24) is 10.6 Å². The molecule has 9 nitrogen and oxygen atoms in total. The van der Waals surface area contributed by atoms with E-state index in [1.165, 1.54) is 0 Å². The van der Waals surface area contributed by atoms with Crippen LogP contribution in [0.15, 0.2) is 0 Å². The minimum absolute atomic E-state index is 0.134. The summed E-state index contributed by atoms with van der Waals surface area (Å²) in [6.07, 6.45) is 0.259. The van der Waals surface area contributed by atoms with E-state index in [1.54, 1.807) is 27.7 Å². The summed E-state index contributed by atoms with van der Waals surface area (Å²) in [5.41, 5.74) is 2.75. The molecule has 0 heterocycles. The van der Waals surface area contributed by atoms with Crippen molar-refractivity contribution < 1.29 is 28.7 Å². The summed E-state index contributed by atoms with van der Waals surface area (Å²) in [5, 5.41) is 15.2. The molecular weight excluding hydrogens is 424 g/mol. The van der Waals surface area contributed by atoms with Crippen molar-refractivity contribution >= 4 is 17.8 Å². The molecule has 0 saturated heterocycles. The van der Waals surface area contributed by atoms with Gasteiger partial charge < -0.3 is 30.7 Å². The van der Waals surface area contributed by atoms with Crippen LogP contribution in [0.1, 0.15) is 60.8 Å². The van der Waals surface area contributed by atoms with Gasteiger partial charge in [0.1, 0.15) is 13.2 Å². The summed E-state index contributed by atoms with van der Waals surface area (Å²) in [7, 11) is 6.06. The Hall–Kier alpha value is -1.71. The summed E-state index contributed by atoms with van der Waals surface area (Å²) in [6.45, 7) is 12.3. The highest BCUT2D eigenvalue weighted by Gasteiger charge is 2.48. The molecule has 33 heavy (non-hydrogen) atoms. The molecule has 194 valence electrons. The van der Waals surface area contributed by atoms with Crippen molar-refractivity contribution in [3.63, 3.8) is 0 Å². The Bertz CT molecular complexity index is 660. The van der Waals surface area contributed by atoms with Gasteiger partial charge in [0.25, 0.3) is 0 Å². The largest absolute Gasteiger partial charge is 0.459 e. The zero-order valence-electron chi connectivity index (χ0n) is 22.3. The fraction of sp³-hybridized carbons (Fsp3) is 0.875. The van der Waals surface area contributed by atoms with E-state index in [1.807, 2.05) is 35.0 Å². The van der Waals surface area contributed by atoms with Crippen molar-refractivity contribution in [2.45, 2.75) is 66.9 Å². The van der Waals surface area contributed by atoms with Crippen LogP contribution in [0.5, 0.6) is 0 Å². The predicted octanol–water partition coefficient (Wildman–Crippen LogP) is 1.04. The first kappa shape index (κ1) is 31.3. The van der Waals surface area contributed by atoms with E-state index < -0.39 is 22.3 Å². The van der Waals surface area contributed by atoms with Crippen LogP contribution in [-0.2, 0) is 19.1 Å². The van der Waals surface area contributed by atoms with Gasteiger partial charge in [0.15, 0.2) is 0 Å². The molecule has 0 aliphatic heterocycles. The average Bonchev–Trinajstić information content (AvgIpc) is 2.68. The Morgan fingerprint density at radius 1 is 1.00 bits per heavy atom. The number of rotatable bonds is 15. The molecule has 5 N–H and O–H groups in total. The number of ether oxygens (including phenoxy) is 1. The predicted molar refractivity (Wildman–Crippen MR) is 130 cm³/mol. The van der Waals surface area contributed by atoms with E-state index >= 15 is 0 Å². The number of esters is 1. The molecule has 0 rings (SSSR count). The first-order valence-electron chi connectivity index (χ1n) is 11.8. The van der Waals surface area contributed by atoms with E-state index in [0.29, 0.717) is 24.0 Å². The second-order valence-electron chi connectivity index (χ2n) is 11.5. The van der Waals surface area contributed by atoms with Crippen molar-refractivity contribution in [1.29, 1.82) is 0 Å². The Labute approximate surface area is 200 Å². The second kappa shape index (κ2) is 12.7. The standard InChI is InChI=1S/C24H48N4O5/c1-10-23(5,19(30)27-15-18(2)29)17-24(6,20(31)26-12-11-25)16-22(3,4)21(32)33-14-13-28(7,8)9/h18,29H,10-17,25H2,1-9H3,(H-,26,27,30,31)/p+1. The third-order valence-electron chi connectivity index (χ3n) is 6.02. The van der Waals surface area contributed by atoms with E-state index in [4.69, 9.17) is 10.5 Å². The number of nitrogens with zero attached hydrogens (tertiary/aromatic N) is 1. The molecule has 9 heteroatoms. The third kappa shape index (κ3) is 10.8. The molecule has 0 aromatic carbocycles. The van der Waals surface area contributed by atoms with Crippen molar-refractivity contribution in [2.75, 3.05) is 53.9 Å². The van der Waals surface area contributed by atoms with Crippen LogP contribution in [0.2, 0.25) is 0 Å². The van der Waals surface area contributed by atoms with Crippen LogP contribution >= 0.6 is 0 Å². The van der Waals surface area contributed by atoms with Gasteiger partial charge in [0, 0.05) is 30.5 Å². The number of aliphatic hydroxyl groups is 1. The molecular formula is C24H49N4O5+. The normalized spacial score (nSPS) is 16.8. The van der Waals surface area contributed by atoms with Gasteiger partial charge in [-0.3, -0.25) is 14.4 Å². The number of quaternary nitrogens is 1. The van der Waals surface area contributed by atoms with Crippen LogP contribution in [-0.4, -0.2) is 87.4 Å². The summed E-state index contributed by atoms with van der Waals surface area (Å²) in [4.78, 5) is 39.2. The van der Waals surface area contributed by atoms with Crippen LogP contribution in [0.3, 0.4) is 0 Å². The van der Waals surface area contributed by atoms with Crippen LogP contribution in [0, 0.1) is 16.2 Å². The van der Waals surface area contributed by atoms with E-state index in [2.05, 4.69) is 10.6 Å². The number of carbonyl (C=O) groups is 3. The molecule has 2 amide bonds. The summed E-state index contributed by atoms with van der Waals surface area (Å²) < 4.78 is 6.22. The van der Waals surface area contributed by atoms with Crippen molar-refractivity contribution in [3.05, 3.63) is 0 Å². The maximum atomic E-state index is 13.3. The van der Waals surface area contributed by atoms with Gasteiger partial charge in [-0.2, -0.15) is 0 Å². The highest BCUT2D eigenvalue weighted by molar-refractivity contribution is 5.87. The first-order valence-corrected chi connectivity index (χ1v) is 11.8. The van der Waals surface area contributed by atoms with Crippen LogP contribution in [0.4, 0.5) is 0 Å². The fourth-order valence-electron chi connectivity index (χ4n) is 3.96. The van der Waals surface area contributed by atoms with Crippen molar-refractivity contribution in [3.8, 4) is 0 Å². The van der Waals surface area contributed by atoms with Gasteiger partial charge in [-0.25, -0.2) is 0 Å². The molecule has 0 radical (unpaired) electrons. The minimum Gasteiger partial charge on any atom is -0.459 e. The highest BCUT2D eigenvalue weighted by atomic mass is 16.5. The van der Waals surface area contributed by atoms with Crippen LogP contribution < -0.4 is 16.4 Å². The second-order valence-corrected chi connectivity index (χ2v) is 11.5. The van der Waals surface area contributed by atoms with E-state index in [9.17, 15) is 19.5 Å². The zero-order chi connectivity index (χ0) is 26.1. The molecule has 3 atom stereocenters. The molecule has 0 aromatic rings. The number of nitrogens with two attached hydrogens (primary N) is 1. The number of nitrogens with one attached hydrogen (secondary N) is 2. The average molecular weight is 474 g/mol. The molecule has 0 bridgehead atoms. The number of amides is 2. The summed E-state index contributed by atoms with van der Waals surface area (Å²) in [6, 6.07) is 0. The number of hydrogen-bond acceptors (Lipinski definition) is 6. The Balaban J connectivity index is 5.76. The lowest BCUT2D eigenvalue weighted by atomic mass is 9.64. The highest BCUT2D eigenvalue weighted by Crippen LogP contribution is 2.44. The summed E-state index contributed by atoms with van der Waals surface area (Å²) in [5.74, 6) is -0.846. The van der Waals surface area contributed by atoms with Gasteiger partial charge in [-0.05, 0) is 40.0 Å². The molecule has 0 aliphatic rings. The van der Waals surface area contributed by atoms with Crippen LogP contribution in [0.25, 0.3) is 0 Å². The number of aliphatic hydroxyl groups excluding tert-OH is 1. The van der Waals surface area contributed by atoms with Gasteiger partial charge in [0.2, 0.25) is 11.8 Å². The molecule has 3 unspecified atom stereocenters. The van der Waals surface area contributed by atoms with Crippen molar-refractivity contribution in [2.24, 2.45) is 22.0 Å². The zero-order valence-corrected chi connectivity index (χ0v) is 22.3. The van der Waals surface area contributed by atoms with E-state index in [0.717, 1.165) is 0 Å². The summed E-state index contributed by atoms with van der Waals surface area (Å²) >= 11 is 0. The maximum absolute atomic E-state index is 13.3. The molecule has 0 saturated carbocycles. The van der Waals surface area contributed by atoms with Gasteiger partial charge in [0.05, 0.1) is 32.7 Å². The third-order valence-corrected chi connectivity index (χ3v) is 6.02. The van der Waals surface area contributed by atoms with Gasteiger partial charge in [-0.1, -0.05) is 20.8 Å². The number of likely N-dealkylation sites (N-methyl/N-ethyl adjacent to an activating group) is 1. The fourth-order valence-corrected chi connectivity index (χ4v) is 3.96. The first-order chi connectivity index (χ1) is 14.9. The Kier molecular flexibility index (Phi) is 12.0. The SMILES string of the molecule is CCC(C)(CC(C)(CC(C)(C)C(=O)OCC[N+](C)(C)C)C(=O)NCCN)C(=O)NCC(C)O. The minimum atomic E-state index is -1.02. The lowest BCUT2D eigenvalue weighted by molar-refractivity contribution is -0.870. The van der Waals surface area contributed by atoms with Gasteiger partial charge >= 0.3 is 5.97 Å². The topological polar surface area (TPSA) is 131 Å². The lowest BCUT2D eigenvalue weighted by Crippen LogP contribution is -2.50. The molecule has 0 spiro atoms. The Morgan fingerprint density at radius 3 is 2.00 bits per heavy atom. The lowest BCUT2D eigenvalue weighted by Gasteiger charge is -2.41.